The summed E-state index contributed by atoms with van der Waals surface area (Å²) < 4.78 is 5.20. The number of thiophene rings is 1. The van der Waals surface area contributed by atoms with Crippen LogP contribution in [0.15, 0.2) is 28.8 Å². The molecule has 0 aromatic carbocycles. The third-order valence-corrected chi connectivity index (χ3v) is 7.86. The van der Waals surface area contributed by atoms with E-state index in [-0.39, 0.29) is 36.4 Å². The Balaban J connectivity index is 1.44. The fourth-order valence-corrected chi connectivity index (χ4v) is 5.65. The molecule has 0 bridgehead atoms. The molecule has 31 heavy (non-hydrogen) atoms. The van der Waals surface area contributed by atoms with Crippen LogP contribution in [0.3, 0.4) is 0 Å². The van der Waals surface area contributed by atoms with Gasteiger partial charge in [0, 0.05) is 24.0 Å². The summed E-state index contributed by atoms with van der Waals surface area (Å²) in [5, 5.41) is 9.44. The maximum absolute atomic E-state index is 12.6. The van der Waals surface area contributed by atoms with Crippen LogP contribution in [0.2, 0.25) is 0 Å². The predicted octanol–water partition coefficient (Wildman–Crippen LogP) is 1.63. The first-order valence-electron chi connectivity index (χ1n) is 9.36. The maximum atomic E-state index is 12.6. The van der Waals surface area contributed by atoms with E-state index >= 15 is 0 Å². The van der Waals surface area contributed by atoms with E-state index in [1.54, 1.807) is 24.0 Å². The SMILES string of the molecule is CC1=C(COC(=O)NCNC(=O)CCP=S)CSC2C(NC(=O)c3cccs3)C(=O)N12. The first kappa shape index (κ1) is 23.6. The highest BCUT2D eigenvalue weighted by atomic mass is 32.4. The molecule has 166 valence electrons. The third-order valence-electron chi connectivity index (χ3n) is 4.70. The van der Waals surface area contributed by atoms with Crippen molar-refractivity contribution in [2.75, 3.05) is 25.2 Å². The van der Waals surface area contributed by atoms with Gasteiger partial charge in [-0.05, 0) is 31.3 Å². The number of hydrogen-bond acceptors (Lipinski definition) is 8. The zero-order chi connectivity index (χ0) is 22.4. The minimum atomic E-state index is -0.662. The number of carbonyl (C=O) groups is 4. The quantitative estimate of drug-likeness (QED) is 0.268. The van der Waals surface area contributed by atoms with Crippen LogP contribution in [-0.2, 0) is 26.1 Å². The van der Waals surface area contributed by atoms with Gasteiger partial charge in [0.1, 0.15) is 18.0 Å². The lowest BCUT2D eigenvalue weighted by molar-refractivity contribution is -0.142. The van der Waals surface area contributed by atoms with Crippen LogP contribution >= 0.6 is 30.5 Å². The van der Waals surface area contributed by atoms with E-state index in [2.05, 4.69) is 16.0 Å². The van der Waals surface area contributed by atoms with Crippen LogP contribution < -0.4 is 16.0 Å². The molecule has 3 rings (SSSR count). The number of hydrogen-bond donors (Lipinski definition) is 3. The van der Waals surface area contributed by atoms with E-state index in [0.717, 1.165) is 18.6 Å². The fourth-order valence-electron chi connectivity index (χ4n) is 3.01. The zero-order valence-electron chi connectivity index (χ0n) is 16.6. The molecule has 1 aromatic heterocycles. The molecule has 13 heteroatoms. The Morgan fingerprint density at radius 3 is 2.87 bits per heavy atom. The van der Waals surface area contributed by atoms with E-state index in [0.29, 0.717) is 23.2 Å². The van der Waals surface area contributed by atoms with Gasteiger partial charge in [-0.1, -0.05) is 17.9 Å². The summed E-state index contributed by atoms with van der Waals surface area (Å²) in [4.78, 5) is 50.3. The Morgan fingerprint density at radius 1 is 1.35 bits per heavy atom. The average Bonchev–Trinajstić information content (AvgIpc) is 3.29. The molecule has 0 radical (unpaired) electrons. The van der Waals surface area contributed by atoms with Gasteiger partial charge >= 0.3 is 6.09 Å². The lowest BCUT2D eigenvalue weighted by Crippen LogP contribution is -2.69. The molecule has 2 aliphatic heterocycles. The topological polar surface area (TPSA) is 117 Å². The number of rotatable bonds is 9. The number of ether oxygens (including phenoxy) is 1. The van der Waals surface area contributed by atoms with Crippen molar-refractivity contribution in [3.63, 3.8) is 0 Å². The van der Waals surface area contributed by atoms with E-state index < -0.39 is 12.1 Å². The number of amides is 4. The van der Waals surface area contributed by atoms with Crippen LogP contribution in [0, 0.1) is 0 Å². The molecule has 0 saturated carbocycles. The maximum Gasteiger partial charge on any atom is 0.408 e. The van der Waals surface area contributed by atoms with Crippen molar-refractivity contribution in [3.05, 3.63) is 33.7 Å². The van der Waals surface area contributed by atoms with E-state index in [9.17, 15) is 19.2 Å². The smallest absolute Gasteiger partial charge is 0.408 e. The van der Waals surface area contributed by atoms with Crippen LogP contribution in [0.25, 0.3) is 0 Å². The van der Waals surface area contributed by atoms with Gasteiger partial charge in [-0.3, -0.25) is 19.3 Å². The number of carbonyl (C=O) groups excluding carboxylic acids is 4. The highest BCUT2D eigenvalue weighted by Crippen LogP contribution is 2.40. The van der Waals surface area contributed by atoms with Gasteiger partial charge in [-0.2, -0.15) is 0 Å². The Morgan fingerprint density at radius 2 is 2.16 bits per heavy atom. The van der Waals surface area contributed by atoms with Crippen molar-refractivity contribution in [1.82, 2.24) is 20.9 Å². The van der Waals surface area contributed by atoms with Crippen molar-refractivity contribution in [2.24, 2.45) is 0 Å². The van der Waals surface area contributed by atoms with Crippen LogP contribution in [0.1, 0.15) is 23.0 Å². The summed E-state index contributed by atoms with van der Waals surface area (Å²) in [5.41, 5.74) is 1.56. The van der Waals surface area contributed by atoms with Crippen molar-refractivity contribution < 1.29 is 23.9 Å². The van der Waals surface area contributed by atoms with Gasteiger partial charge in [-0.25, -0.2) is 4.79 Å². The van der Waals surface area contributed by atoms with Gasteiger partial charge in [0.15, 0.2) is 0 Å². The number of nitrogens with one attached hydrogen (secondary N) is 3. The van der Waals surface area contributed by atoms with Gasteiger partial charge in [0.25, 0.3) is 11.8 Å². The summed E-state index contributed by atoms with van der Waals surface area (Å²) in [5.74, 6) is -0.0433. The number of β-lactam (4-membered cyclic amide) rings is 1. The van der Waals surface area contributed by atoms with Crippen LogP contribution in [0.5, 0.6) is 0 Å². The first-order chi connectivity index (χ1) is 14.9. The molecule has 1 saturated heterocycles. The summed E-state index contributed by atoms with van der Waals surface area (Å²) in [6.07, 6.45) is 0.237. The molecule has 0 spiro atoms. The van der Waals surface area contributed by atoms with Crippen LogP contribution in [0.4, 0.5) is 4.79 Å². The minimum absolute atomic E-state index is 0.0307. The summed E-state index contributed by atoms with van der Waals surface area (Å²) >= 11 is 7.59. The second-order valence-electron chi connectivity index (χ2n) is 6.66. The van der Waals surface area contributed by atoms with Gasteiger partial charge in [0.2, 0.25) is 5.91 Å². The summed E-state index contributed by atoms with van der Waals surface area (Å²) in [7, 11) is 0.726. The second kappa shape index (κ2) is 11.0. The molecule has 2 aliphatic rings. The molecule has 2 atom stereocenters. The van der Waals surface area contributed by atoms with Gasteiger partial charge in [-0.15, -0.1) is 23.1 Å². The van der Waals surface area contributed by atoms with E-state index in [4.69, 9.17) is 16.5 Å². The molecule has 2 unspecified atom stereocenters. The molecular formula is C18H21N4O5PS3. The minimum Gasteiger partial charge on any atom is -0.445 e. The molecule has 9 nitrogen and oxygen atoms in total. The number of allylic oxidation sites excluding steroid dienone is 1. The zero-order valence-corrected chi connectivity index (χ0v) is 19.9. The van der Waals surface area contributed by atoms with Gasteiger partial charge in [0.05, 0.1) is 11.5 Å². The molecule has 0 aliphatic carbocycles. The van der Waals surface area contributed by atoms with Gasteiger partial charge < -0.3 is 20.7 Å². The number of nitrogens with zero attached hydrogens (tertiary/aromatic N) is 1. The lowest BCUT2D eigenvalue weighted by atomic mass is 10.0. The first-order valence-corrected chi connectivity index (χ1v) is 13.4. The highest BCUT2D eigenvalue weighted by Gasteiger charge is 2.51. The fraction of sp³-hybridized carbons (Fsp3) is 0.444. The van der Waals surface area contributed by atoms with Crippen molar-refractivity contribution in [2.45, 2.75) is 24.8 Å². The van der Waals surface area contributed by atoms with Crippen molar-refractivity contribution in [1.29, 1.82) is 0 Å². The van der Waals surface area contributed by atoms with Crippen molar-refractivity contribution >= 4 is 66.1 Å². The lowest BCUT2D eigenvalue weighted by Gasteiger charge is -2.50. The molecule has 3 heterocycles. The molecule has 1 fully saturated rings. The Kier molecular flexibility index (Phi) is 8.42. The number of fused-ring (bicyclic) bond motifs is 1. The monoisotopic (exact) mass is 500 g/mol. The van der Waals surface area contributed by atoms with E-state index in [1.807, 2.05) is 5.38 Å². The molecule has 4 amide bonds. The Labute approximate surface area is 194 Å². The Hall–Kier alpha value is -2.01. The standard InChI is InChI=1S/C18H21N4O5PS3/c1-10-11(7-27-18(26)20-9-19-13(23)4-5-28-29)8-31-17-14(16(25)22(10)17)21-15(24)12-3-2-6-30-12/h2-3,6,14,17H,4-5,7-9H2,1H3,(H,19,23)(H,20,26)(H,21,24). The molecule has 3 N–H and O–H groups in total. The summed E-state index contributed by atoms with van der Waals surface area (Å²) in [6, 6.07) is 2.94. The third kappa shape index (κ3) is 5.82. The Bertz CT molecular complexity index is 908. The summed E-state index contributed by atoms with van der Waals surface area (Å²) in [6.45, 7) is 1.81. The second-order valence-corrected chi connectivity index (χ2v) is 10.2. The number of alkyl carbamates (subject to hydrolysis) is 1. The highest BCUT2D eigenvalue weighted by molar-refractivity contribution is 8.00. The average molecular weight is 501 g/mol. The largest absolute Gasteiger partial charge is 0.445 e. The van der Waals surface area contributed by atoms with Crippen LogP contribution in [-0.4, -0.2) is 65.3 Å². The molecule has 1 aromatic rings. The molecular weight excluding hydrogens is 479 g/mol. The van der Waals surface area contributed by atoms with Crippen molar-refractivity contribution in [3.8, 4) is 0 Å². The predicted molar refractivity (Wildman–Crippen MR) is 123 cm³/mol. The normalized spacial score (nSPS) is 20.0. The number of thioether (sulfide) groups is 1. The van der Waals surface area contributed by atoms with E-state index in [1.165, 1.54) is 23.1 Å².